The average molecular weight is 366 g/mol. The van der Waals surface area contributed by atoms with Gasteiger partial charge in [-0.05, 0) is 22.4 Å². The van der Waals surface area contributed by atoms with E-state index in [9.17, 15) is 0 Å². The number of halogens is 1. The lowest BCUT2D eigenvalue weighted by Crippen LogP contribution is -3.00. The monoisotopic (exact) mass is 366 g/mol. The molecule has 2 aromatic carbocycles. The highest BCUT2D eigenvalue weighted by atomic mass is 127. The van der Waals surface area contributed by atoms with Gasteiger partial charge < -0.3 is 28.8 Å². The summed E-state index contributed by atoms with van der Waals surface area (Å²) < 4.78 is 3.98. The molecule has 0 aliphatic carbocycles. The Labute approximate surface area is 129 Å². The van der Waals surface area contributed by atoms with Crippen LogP contribution in [0.1, 0.15) is 5.56 Å². The Hall–Kier alpha value is -1.56. The van der Waals surface area contributed by atoms with Crippen LogP contribution in [-0.2, 0) is 6.54 Å². The van der Waals surface area contributed by atoms with Crippen LogP contribution in [0.15, 0.2) is 60.9 Å². The van der Waals surface area contributed by atoms with Crippen LogP contribution in [-0.4, -0.2) is 11.8 Å². The lowest BCUT2D eigenvalue weighted by atomic mass is 10.2. The second-order valence-electron chi connectivity index (χ2n) is 4.23. The summed E-state index contributed by atoms with van der Waals surface area (Å²) in [6.07, 6.45) is 1.98. The molecular formula is C15H15IN2O. The first kappa shape index (κ1) is 13.9. The Kier molecular flexibility index (Phi) is 4.42. The lowest BCUT2D eigenvalue weighted by Gasteiger charge is -1.97. The van der Waals surface area contributed by atoms with Gasteiger partial charge in [0.25, 0.3) is 6.33 Å². The van der Waals surface area contributed by atoms with E-state index in [0.29, 0.717) is 0 Å². The number of nitrogens with zero attached hydrogens (tertiary/aromatic N) is 2. The van der Waals surface area contributed by atoms with Crippen LogP contribution in [0.5, 0.6) is 0 Å². The van der Waals surface area contributed by atoms with Gasteiger partial charge in [-0.25, -0.2) is 4.57 Å². The Bertz CT molecular complexity index is 664. The third-order valence-corrected chi connectivity index (χ3v) is 3.07. The van der Waals surface area contributed by atoms with Crippen molar-refractivity contribution in [2.24, 2.45) is 0 Å². The van der Waals surface area contributed by atoms with Gasteiger partial charge in [0.2, 0.25) is 5.52 Å². The summed E-state index contributed by atoms with van der Waals surface area (Å²) >= 11 is 0. The molecule has 0 spiro atoms. The summed E-state index contributed by atoms with van der Waals surface area (Å²) in [5.74, 6) is 0. The summed E-state index contributed by atoms with van der Waals surface area (Å²) in [4.78, 5) is 5.34. The number of fused-ring (bicyclic) bond motifs is 1. The predicted octanol–water partition coefficient (Wildman–Crippen LogP) is -0.960. The van der Waals surface area contributed by atoms with E-state index < -0.39 is 0 Å². The van der Waals surface area contributed by atoms with E-state index in [1.165, 1.54) is 11.1 Å². The quantitative estimate of drug-likeness (QED) is 0.432. The highest BCUT2D eigenvalue weighted by Crippen LogP contribution is 2.10. The molecule has 1 heterocycles. The molecule has 0 N–H and O–H groups in total. The molecule has 0 aliphatic rings. The third kappa shape index (κ3) is 2.73. The first-order valence-electron chi connectivity index (χ1n) is 5.96. The molecule has 19 heavy (non-hydrogen) atoms. The molecule has 3 rings (SSSR count). The summed E-state index contributed by atoms with van der Waals surface area (Å²) in [5.41, 5.74) is 3.53. The molecule has 1 aromatic heterocycles. The van der Waals surface area contributed by atoms with E-state index in [0.717, 1.165) is 12.1 Å². The van der Waals surface area contributed by atoms with Crippen molar-refractivity contribution >= 4 is 11.0 Å². The first-order chi connectivity index (χ1) is 8.88. The van der Waals surface area contributed by atoms with Crippen LogP contribution in [0.3, 0.4) is 0 Å². The molecule has 0 fully saturated rings. The van der Waals surface area contributed by atoms with Crippen molar-refractivity contribution in [1.29, 1.82) is 0 Å². The number of aromatic nitrogens is 2. The van der Waals surface area contributed by atoms with Gasteiger partial charge in [0.1, 0.15) is 13.7 Å². The van der Waals surface area contributed by atoms with Crippen molar-refractivity contribution in [2.45, 2.75) is 6.54 Å². The van der Waals surface area contributed by atoms with Gasteiger partial charge >= 0.3 is 0 Å². The number of benzene rings is 2. The van der Waals surface area contributed by atoms with Gasteiger partial charge in [0.05, 0.1) is 0 Å². The van der Waals surface area contributed by atoms with Crippen molar-refractivity contribution in [3.63, 3.8) is 0 Å². The van der Waals surface area contributed by atoms with Crippen LogP contribution in [0, 0.1) is 0 Å². The number of imidazole rings is 1. The fourth-order valence-electron chi connectivity index (χ4n) is 2.20. The summed E-state index contributed by atoms with van der Waals surface area (Å²) in [5, 5.41) is 0. The molecule has 0 aliphatic heterocycles. The van der Waals surface area contributed by atoms with E-state index in [1.807, 2.05) is 24.5 Å². The Morgan fingerprint density at radius 1 is 1.00 bits per heavy atom. The van der Waals surface area contributed by atoms with Gasteiger partial charge in [-0.1, -0.05) is 42.5 Å². The molecule has 0 amide bonds. The minimum atomic E-state index is 0. The van der Waals surface area contributed by atoms with E-state index >= 15 is 0 Å². The van der Waals surface area contributed by atoms with Gasteiger partial charge in [-0.3, -0.25) is 0 Å². The van der Waals surface area contributed by atoms with Gasteiger partial charge in [0.15, 0.2) is 5.52 Å². The minimum Gasteiger partial charge on any atom is -1.00 e. The summed E-state index contributed by atoms with van der Waals surface area (Å²) in [7, 11) is 1.68. The molecule has 4 heteroatoms. The second-order valence-corrected chi connectivity index (χ2v) is 4.23. The molecule has 98 valence electrons. The first-order valence-corrected chi connectivity index (χ1v) is 5.96. The molecule has 0 radical (unpaired) electrons. The molecule has 0 saturated heterocycles. The number of rotatable bonds is 3. The maximum absolute atomic E-state index is 5.34. The van der Waals surface area contributed by atoms with Crippen molar-refractivity contribution < 1.29 is 33.4 Å². The van der Waals surface area contributed by atoms with Crippen molar-refractivity contribution in [3.05, 3.63) is 66.5 Å². The second kappa shape index (κ2) is 6.06. The molecular weight excluding hydrogens is 351 g/mol. The fraction of sp³-hybridized carbons (Fsp3) is 0.133. The Balaban J connectivity index is 0.00000133. The zero-order valence-corrected chi connectivity index (χ0v) is 12.8. The van der Waals surface area contributed by atoms with E-state index in [4.69, 9.17) is 4.84 Å². The summed E-state index contributed by atoms with van der Waals surface area (Å²) in [6.45, 7) is 0.845. The van der Waals surface area contributed by atoms with Crippen LogP contribution in [0.25, 0.3) is 11.0 Å². The molecule has 3 nitrogen and oxygen atoms in total. The smallest absolute Gasteiger partial charge is 0.285 e. The maximum atomic E-state index is 5.34. The minimum absolute atomic E-state index is 0. The SMILES string of the molecule is COn1c[n+](Cc2ccccc2)c2ccccc21.[I-]. The maximum Gasteiger partial charge on any atom is 0.285 e. The summed E-state index contributed by atoms with van der Waals surface area (Å²) in [6, 6.07) is 18.6. The largest absolute Gasteiger partial charge is 1.00 e. The standard InChI is InChI=1S/C15H15N2O.HI/c1-18-17-12-16(11-13-7-3-2-4-8-13)14-9-5-6-10-15(14)17;/h2-10,12H,11H2,1H3;1H/q+1;/p-1. The van der Waals surface area contributed by atoms with Gasteiger partial charge in [-0.15, -0.1) is 0 Å². The average Bonchev–Trinajstić information content (AvgIpc) is 2.78. The fourth-order valence-corrected chi connectivity index (χ4v) is 2.20. The molecule has 0 atom stereocenters. The van der Waals surface area contributed by atoms with Crippen LogP contribution < -0.4 is 33.4 Å². The Morgan fingerprint density at radius 3 is 2.42 bits per heavy atom. The van der Waals surface area contributed by atoms with Gasteiger partial charge in [0, 0.05) is 0 Å². The van der Waals surface area contributed by atoms with Crippen LogP contribution in [0.2, 0.25) is 0 Å². The molecule has 0 bridgehead atoms. The van der Waals surface area contributed by atoms with Crippen molar-refractivity contribution in [3.8, 4) is 0 Å². The highest BCUT2D eigenvalue weighted by Gasteiger charge is 2.15. The lowest BCUT2D eigenvalue weighted by molar-refractivity contribution is -0.664. The van der Waals surface area contributed by atoms with E-state index in [2.05, 4.69) is 41.0 Å². The number of para-hydroxylation sites is 2. The van der Waals surface area contributed by atoms with E-state index in [1.54, 1.807) is 11.8 Å². The molecule has 0 saturated carbocycles. The predicted molar refractivity (Wildman–Crippen MR) is 70.2 cm³/mol. The normalized spacial score (nSPS) is 10.2. The van der Waals surface area contributed by atoms with Crippen LogP contribution >= 0.6 is 0 Å². The van der Waals surface area contributed by atoms with Crippen molar-refractivity contribution in [1.82, 2.24) is 4.73 Å². The Morgan fingerprint density at radius 2 is 1.68 bits per heavy atom. The topological polar surface area (TPSA) is 18.0 Å². The molecule has 0 unspecified atom stereocenters. The highest BCUT2D eigenvalue weighted by molar-refractivity contribution is 5.71. The number of hydrogen-bond donors (Lipinski definition) is 0. The zero-order valence-electron chi connectivity index (χ0n) is 10.7. The number of hydrogen-bond acceptors (Lipinski definition) is 1. The zero-order chi connectivity index (χ0) is 12.4. The third-order valence-electron chi connectivity index (χ3n) is 3.07. The van der Waals surface area contributed by atoms with Crippen LogP contribution in [0.4, 0.5) is 0 Å². The molecule has 3 aromatic rings. The van der Waals surface area contributed by atoms with Gasteiger partial charge in [-0.2, -0.15) is 0 Å². The van der Waals surface area contributed by atoms with Crippen molar-refractivity contribution in [2.75, 3.05) is 7.11 Å². The van der Waals surface area contributed by atoms with E-state index in [-0.39, 0.29) is 24.0 Å².